The van der Waals surface area contributed by atoms with Crippen LogP contribution in [0.3, 0.4) is 0 Å². The van der Waals surface area contributed by atoms with Crippen LogP contribution in [0, 0.1) is 17.8 Å². The maximum absolute atomic E-state index is 5.63. The highest BCUT2D eigenvalue weighted by Crippen LogP contribution is 2.55. The van der Waals surface area contributed by atoms with Crippen molar-refractivity contribution in [3.8, 4) is 11.5 Å². The van der Waals surface area contributed by atoms with Crippen LogP contribution >= 0.6 is 12.2 Å². The zero-order valence-corrected chi connectivity index (χ0v) is 15.2. The molecular weight excluding hydrogens is 320 g/mol. The monoisotopic (exact) mass is 346 g/mol. The average Bonchev–Trinajstić information content (AvgIpc) is 2.53. The Kier molecular flexibility index (Phi) is 4.07. The van der Waals surface area contributed by atoms with Gasteiger partial charge in [-0.2, -0.15) is 0 Å². The highest BCUT2D eigenvalue weighted by atomic mass is 32.1. The third-order valence-electron chi connectivity index (χ3n) is 6.07. The summed E-state index contributed by atoms with van der Waals surface area (Å²) < 4.78 is 10.7. The molecular formula is C19H26N2O2S. The van der Waals surface area contributed by atoms with Gasteiger partial charge in [0.1, 0.15) is 11.5 Å². The summed E-state index contributed by atoms with van der Waals surface area (Å²) in [4.78, 5) is 0. The normalized spacial score (nSPS) is 33.2. The van der Waals surface area contributed by atoms with E-state index in [1.165, 1.54) is 38.5 Å². The SMILES string of the molecule is COc1ccc(NC(=S)NC23CC4CC(CC(C4)C2)C3)c(OC)c1. The molecule has 5 heteroatoms. The van der Waals surface area contributed by atoms with Gasteiger partial charge >= 0.3 is 0 Å². The quantitative estimate of drug-likeness (QED) is 0.808. The molecule has 4 aliphatic carbocycles. The van der Waals surface area contributed by atoms with Gasteiger partial charge in [0.2, 0.25) is 0 Å². The largest absolute Gasteiger partial charge is 0.497 e. The predicted molar refractivity (Wildman–Crippen MR) is 99.8 cm³/mol. The van der Waals surface area contributed by atoms with Gasteiger partial charge in [-0.25, -0.2) is 0 Å². The lowest BCUT2D eigenvalue weighted by Gasteiger charge is -2.57. The second kappa shape index (κ2) is 6.10. The molecule has 0 radical (unpaired) electrons. The van der Waals surface area contributed by atoms with Gasteiger partial charge in [0.15, 0.2) is 5.11 Å². The van der Waals surface area contributed by atoms with E-state index in [1.807, 2.05) is 18.2 Å². The number of ether oxygens (including phenoxy) is 2. The van der Waals surface area contributed by atoms with E-state index in [4.69, 9.17) is 21.7 Å². The molecule has 0 aliphatic heterocycles. The van der Waals surface area contributed by atoms with Crippen LogP contribution in [0.15, 0.2) is 18.2 Å². The second-order valence-corrected chi connectivity index (χ2v) is 8.25. The number of benzene rings is 1. The number of rotatable bonds is 4. The molecule has 0 heterocycles. The maximum atomic E-state index is 5.63. The number of methoxy groups -OCH3 is 2. The molecule has 0 atom stereocenters. The summed E-state index contributed by atoms with van der Waals surface area (Å²) in [5.74, 6) is 4.23. The van der Waals surface area contributed by atoms with E-state index in [-0.39, 0.29) is 5.54 Å². The first kappa shape index (κ1) is 16.0. The van der Waals surface area contributed by atoms with Crippen LogP contribution in [0.25, 0.3) is 0 Å². The lowest BCUT2D eigenvalue weighted by Crippen LogP contribution is -2.60. The topological polar surface area (TPSA) is 42.5 Å². The van der Waals surface area contributed by atoms with Gasteiger partial charge in [-0.15, -0.1) is 0 Å². The van der Waals surface area contributed by atoms with Crippen molar-refractivity contribution in [2.45, 2.75) is 44.1 Å². The molecule has 1 aromatic rings. The van der Waals surface area contributed by atoms with Crippen molar-refractivity contribution >= 4 is 23.0 Å². The van der Waals surface area contributed by atoms with E-state index in [0.717, 1.165) is 34.9 Å². The van der Waals surface area contributed by atoms with Gasteiger partial charge in [-0.1, -0.05) is 0 Å². The Labute approximate surface area is 149 Å². The Morgan fingerprint density at radius 2 is 1.67 bits per heavy atom. The standard InChI is InChI=1S/C19H26N2O2S/c1-22-15-3-4-16(17(8-15)23-2)20-18(24)21-19-9-12-5-13(10-19)7-14(6-12)11-19/h3-4,8,12-14H,5-7,9-11H2,1-2H3,(H2,20,21,24). The van der Waals surface area contributed by atoms with Crippen molar-refractivity contribution in [1.82, 2.24) is 5.32 Å². The fourth-order valence-electron chi connectivity index (χ4n) is 5.56. The smallest absolute Gasteiger partial charge is 0.171 e. The lowest BCUT2D eigenvalue weighted by molar-refractivity contribution is -0.00972. The van der Waals surface area contributed by atoms with E-state index in [1.54, 1.807) is 14.2 Å². The minimum absolute atomic E-state index is 0.221. The van der Waals surface area contributed by atoms with Crippen LogP contribution in [0.2, 0.25) is 0 Å². The zero-order valence-electron chi connectivity index (χ0n) is 14.4. The average molecular weight is 346 g/mol. The minimum Gasteiger partial charge on any atom is -0.497 e. The molecule has 0 saturated heterocycles. The van der Waals surface area contributed by atoms with Gasteiger partial charge in [-0.05, 0) is 80.6 Å². The fourth-order valence-corrected chi connectivity index (χ4v) is 5.89. The Balaban J connectivity index is 1.46. The van der Waals surface area contributed by atoms with Crippen LogP contribution in [-0.4, -0.2) is 24.9 Å². The molecule has 0 spiro atoms. The predicted octanol–water partition coefficient (Wildman–Crippen LogP) is 3.96. The van der Waals surface area contributed by atoms with Gasteiger partial charge < -0.3 is 20.1 Å². The molecule has 0 aromatic heterocycles. The Hall–Kier alpha value is -1.49. The van der Waals surface area contributed by atoms with Crippen molar-refractivity contribution in [3.05, 3.63) is 18.2 Å². The Morgan fingerprint density at radius 3 is 2.21 bits per heavy atom. The van der Waals surface area contributed by atoms with Crippen LogP contribution in [0.1, 0.15) is 38.5 Å². The summed E-state index contributed by atoms with van der Waals surface area (Å²) in [6.45, 7) is 0. The third-order valence-corrected chi connectivity index (χ3v) is 6.28. The number of thiocarbonyl (C=S) groups is 1. The Bertz CT molecular complexity index is 611. The second-order valence-electron chi connectivity index (χ2n) is 7.84. The number of nitrogens with one attached hydrogen (secondary N) is 2. The summed E-state index contributed by atoms with van der Waals surface area (Å²) in [5.41, 5.74) is 1.10. The molecule has 1 aromatic carbocycles. The van der Waals surface area contributed by atoms with Crippen molar-refractivity contribution in [1.29, 1.82) is 0 Å². The van der Waals surface area contributed by atoms with E-state index in [9.17, 15) is 0 Å². The van der Waals surface area contributed by atoms with Crippen LogP contribution in [0.5, 0.6) is 11.5 Å². The number of anilines is 1. The maximum Gasteiger partial charge on any atom is 0.171 e. The molecule has 4 aliphatic rings. The van der Waals surface area contributed by atoms with Crippen molar-refractivity contribution < 1.29 is 9.47 Å². The van der Waals surface area contributed by atoms with Gasteiger partial charge in [0, 0.05) is 11.6 Å². The number of hydrogen-bond donors (Lipinski definition) is 2. The summed E-state index contributed by atoms with van der Waals surface area (Å²) in [6.07, 6.45) is 8.15. The molecule has 4 bridgehead atoms. The summed E-state index contributed by atoms with van der Waals surface area (Å²) >= 11 is 5.63. The molecule has 4 fully saturated rings. The van der Waals surface area contributed by atoms with Gasteiger partial charge in [0.05, 0.1) is 19.9 Å². The zero-order chi connectivity index (χ0) is 16.7. The van der Waals surface area contributed by atoms with Gasteiger partial charge in [0.25, 0.3) is 0 Å². The molecule has 130 valence electrons. The summed E-state index contributed by atoms with van der Waals surface area (Å²) in [7, 11) is 3.32. The van der Waals surface area contributed by atoms with Gasteiger partial charge in [-0.3, -0.25) is 0 Å². The molecule has 0 unspecified atom stereocenters. The molecule has 4 nitrogen and oxygen atoms in total. The number of hydrogen-bond acceptors (Lipinski definition) is 3. The van der Waals surface area contributed by atoms with Crippen LogP contribution in [0.4, 0.5) is 5.69 Å². The van der Waals surface area contributed by atoms with E-state index in [0.29, 0.717) is 5.11 Å². The van der Waals surface area contributed by atoms with E-state index >= 15 is 0 Å². The third kappa shape index (κ3) is 2.94. The minimum atomic E-state index is 0.221. The first-order chi connectivity index (χ1) is 11.6. The molecule has 4 saturated carbocycles. The summed E-state index contributed by atoms with van der Waals surface area (Å²) in [6, 6.07) is 5.74. The first-order valence-electron chi connectivity index (χ1n) is 8.90. The van der Waals surface area contributed by atoms with Crippen LogP contribution in [-0.2, 0) is 0 Å². The fraction of sp³-hybridized carbons (Fsp3) is 0.632. The van der Waals surface area contributed by atoms with Crippen molar-refractivity contribution in [2.24, 2.45) is 17.8 Å². The highest BCUT2D eigenvalue weighted by molar-refractivity contribution is 7.80. The molecule has 0 amide bonds. The van der Waals surface area contributed by atoms with E-state index in [2.05, 4.69) is 10.6 Å². The molecule has 24 heavy (non-hydrogen) atoms. The van der Waals surface area contributed by atoms with Crippen LogP contribution < -0.4 is 20.1 Å². The van der Waals surface area contributed by atoms with Crippen molar-refractivity contribution in [2.75, 3.05) is 19.5 Å². The highest BCUT2D eigenvalue weighted by Gasteiger charge is 2.51. The molecule has 2 N–H and O–H groups in total. The molecule has 5 rings (SSSR count). The van der Waals surface area contributed by atoms with Crippen molar-refractivity contribution in [3.63, 3.8) is 0 Å². The lowest BCUT2D eigenvalue weighted by atomic mass is 9.53. The van der Waals surface area contributed by atoms with E-state index < -0.39 is 0 Å². The summed E-state index contributed by atoms with van der Waals surface area (Å²) in [5, 5.41) is 7.72. The Morgan fingerprint density at radius 1 is 1.04 bits per heavy atom. The first-order valence-corrected chi connectivity index (χ1v) is 9.31.